The standard InChI is InChI=1S/C35H47ClN2O5S/c1-34(2,3)43-33(40)27-9-7-24-14-16-35(15-4-5-26-20-29(36)11-12-31(26)35)22-28(30(24)21-27)19-25-8-6-23(25)10-13-32(39)38-17-18-44(37,41)42/h7,9,11-12,20-21,23,25,28H,4-6,8,10,13-19,22H2,1-3H3,(H,38,39)(H2,37,41,42)/t23-,25-,28?,35+/m0/s1. The van der Waals surface area contributed by atoms with Gasteiger partial charge in [0.25, 0.3) is 0 Å². The van der Waals surface area contributed by atoms with Crippen molar-refractivity contribution in [2.24, 2.45) is 17.0 Å². The highest BCUT2D eigenvalue weighted by molar-refractivity contribution is 7.89. The number of esters is 1. The zero-order chi connectivity index (χ0) is 31.7. The molecular weight excluding hydrogens is 596 g/mol. The lowest BCUT2D eigenvalue weighted by molar-refractivity contribution is -0.121. The maximum absolute atomic E-state index is 13.1. The largest absolute Gasteiger partial charge is 0.456 e. The summed E-state index contributed by atoms with van der Waals surface area (Å²) in [6, 6.07) is 12.6. The number of amides is 1. The Bertz CT molecular complexity index is 1500. The Morgan fingerprint density at radius 2 is 1.82 bits per heavy atom. The number of nitrogens with one attached hydrogen (secondary N) is 1. The average Bonchev–Trinajstić information content (AvgIpc) is 3.06. The lowest BCUT2D eigenvalue weighted by atomic mass is 9.61. The van der Waals surface area contributed by atoms with Crippen LogP contribution in [0.2, 0.25) is 5.02 Å². The first-order valence-electron chi connectivity index (χ1n) is 16.1. The summed E-state index contributed by atoms with van der Waals surface area (Å²) in [5, 5.41) is 8.54. The Kier molecular flexibility index (Phi) is 9.84. The van der Waals surface area contributed by atoms with E-state index in [-0.39, 0.29) is 35.5 Å². The van der Waals surface area contributed by atoms with E-state index < -0.39 is 15.6 Å². The lowest BCUT2D eigenvalue weighted by Gasteiger charge is -2.43. The number of aryl methyl sites for hydroxylation is 2. The fourth-order valence-corrected chi connectivity index (χ4v) is 8.46. The van der Waals surface area contributed by atoms with E-state index >= 15 is 0 Å². The first-order chi connectivity index (χ1) is 20.7. The van der Waals surface area contributed by atoms with Crippen LogP contribution in [0, 0.1) is 11.8 Å². The van der Waals surface area contributed by atoms with Crippen molar-refractivity contribution in [3.8, 4) is 0 Å². The van der Waals surface area contributed by atoms with Crippen LogP contribution >= 0.6 is 11.6 Å². The Morgan fingerprint density at radius 1 is 1.05 bits per heavy atom. The third kappa shape index (κ3) is 8.04. The summed E-state index contributed by atoms with van der Waals surface area (Å²) in [5.74, 6) is 0.566. The molecule has 44 heavy (non-hydrogen) atoms. The average molecular weight is 643 g/mol. The van der Waals surface area contributed by atoms with E-state index in [0.29, 0.717) is 23.8 Å². The van der Waals surface area contributed by atoms with Crippen LogP contribution in [0.25, 0.3) is 0 Å². The molecule has 1 fully saturated rings. The molecule has 2 aromatic rings. The normalized spacial score (nSPS) is 24.9. The van der Waals surface area contributed by atoms with Gasteiger partial charge in [-0.2, -0.15) is 0 Å². The number of primary sulfonamides is 1. The van der Waals surface area contributed by atoms with Gasteiger partial charge in [-0.15, -0.1) is 0 Å². The van der Waals surface area contributed by atoms with Crippen LogP contribution in [0.5, 0.6) is 0 Å². The molecule has 7 nitrogen and oxygen atoms in total. The maximum Gasteiger partial charge on any atom is 0.338 e. The number of benzene rings is 2. The third-order valence-corrected chi connectivity index (χ3v) is 11.1. The van der Waals surface area contributed by atoms with Crippen molar-refractivity contribution >= 4 is 33.5 Å². The van der Waals surface area contributed by atoms with Crippen molar-refractivity contribution in [2.45, 2.75) is 108 Å². The van der Waals surface area contributed by atoms with Gasteiger partial charge in [0.2, 0.25) is 15.9 Å². The molecule has 0 heterocycles. The van der Waals surface area contributed by atoms with Gasteiger partial charge in [-0.05, 0) is 155 Å². The van der Waals surface area contributed by atoms with E-state index in [1.165, 1.54) is 22.3 Å². The number of ether oxygens (including phenoxy) is 1. The molecule has 1 unspecified atom stereocenters. The van der Waals surface area contributed by atoms with Gasteiger partial charge in [-0.1, -0.05) is 23.7 Å². The quantitative estimate of drug-likeness (QED) is 0.299. The highest BCUT2D eigenvalue weighted by Crippen LogP contribution is 2.53. The maximum atomic E-state index is 13.1. The topological polar surface area (TPSA) is 116 Å². The first kappa shape index (κ1) is 33.0. The van der Waals surface area contributed by atoms with E-state index in [2.05, 4.69) is 29.6 Å². The Hall–Kier alpha value is -2.42. The molecule has 4 atom stereocenters. The summed E-state index contributed by atoms with van der Waals surface area (Å²) in [6.07, 6.45) is 10.8. The van der Waals surface area contributed by atoms with Crippen molar-refractivity contribution in [2.75, 3.05) is 12.3 Å². The molecule has 1 spiro atoms. The van der Waals surface area contributed by atoms with E-state index in [9.17, 15) is 18.0 Å². The molecule has 1 amide bonds. The Labute approximate surface area is 267 Å². The van der Waals surface area contributed by atoms with Gasteiger partial charge in [-0.3, -0.25) is 4.79 Å². The van der Waals surface area contributed by atoms with Crippen molar-refractivity contribution in [3.63, 3.8) is 0 Å². The van der Waals surface area contributed by atoms with Gasteiger partial charge < -0.3 is 10.1 Å². The fraction of sp³-hybridized carbons (Fsp3) is 0.600. The van der Waals surface area contributed by atoms with Crippen molar-refractivity contribution in [1.82, 2.24) is 5.32 Å². The summed E-state index contributed by atoms with van der Waals surface area (Å²) in [4.78, 5) is 25.6. The number of rotatable bonds is 9. The molecular formula is C35H47ClN2O5S. The minimum absolute atomic E-state index is 0.0410. The number of carbonyl (C=O) groups excluding carboxylic acids is 2. The second-order valence-corrected chi connectivity index (χ2v) is 16.5. The third-order valence-electron chi connectivity index (χ3n) is 10.1. The van der Waals surface area contributed by atoms with Gasteiger partial charge in [0.05, 0.1) is 11.3 Å². The molecule has 3 N–H and O–H groups in total. The molecule has 3 aliphatic rings. The van der Waals surface area contributed by atoms with Gasteiger partial charge in [0, 0.05) is 18.0 Å². The molecule has 240 valence electrons. The van der Waals surface area contributed by atoms with Crippen LogP contribution in [0.15, 0.2) is 36.4 Å². The number of halogens is 1. The van der Waals surface area contributed by atoms with Crippen molar-refractivity contribution in [3.05, 3.63) is 69.2 Å². The Balaban J connectivity index is 1.38. The van der Waals surface area contributed by atoms with Crippen LogP contribution in [0.4, 0.5) is 0 Å². The zero-order valence-corrected chi connectivity index (χ0v) is 27.9. The molecule has 1 saturated carbocycles. The number of hydrogen-bond acceptors (Lipinski definition) is 5. The monoisotopic (exact) mass is 642 g/mol. The SMILES string of the molecule is CC(C)(C)OC(=O)c1ccc2c(c1)C(C[C@@H]1CC[C@H]1CCC(=O)NCCS(N)(=O)=O)C[C@@]1(CCCc3cc(Cl)ccc31)CC2. The number of sulfonamides is 1. The van der Waals surface area contributed by atoms with Crippen LogP contribution < -0.4 is 10.5 Å². The predicted octanol–water partition coefficient (Wildman–Crippen LogP) is 6.59. The number of nitrogens with two attached hydrogens (primary N) is 1. The van der Waals surface area contributed by atoms with Crippen molar-refractivity contribution in [1.29, 1.82) is 0 Å². The van der Waals surface area contributed by atoms with E-state index in [0.717, 1.165) is 69.2 Å². The second-order valence-electron chi connectivity index (χ2n) is 14.3. The summed E-state index contributed by atoms with van der Waals surface area (Å²) in [5.41, 5.74) is 5.53. The van der Waals surface area contributed by atoms with E-state index in [4.69, 9.17) is 21.5 Å². The molecule has 9 heteroatoms. The molecule has 0 aliphatic heterocycles. The van der Waals surface area contributed by atoms with Crippen LogP contribution in [-0.2, 0) is 37.8 Å². The smallest absolute Gasteiger partial charge is 0.338 e. The van der Waals surface area contributed by atoms with Crippen molar-refractivity contribution < 1.29 is 22.7 Å². The summed E-state index contributed by atoms with van der Waals surface area (Å²) in [7, 11) is -3.60. The summed E-state index contributed by atoms with van der Waals surface area (Å²) in [6.45, 7) is 5.72. The van der Waals surface area contributed by atoms with Crippen LogP contribution in [0.1, 0.15) is 117 Å². The lowest BCUT2D eigenvalue weighted by Crippen LogP contribution is -2.35. The molecule has 5 rings (SSSR count). The molecule has 2 aromatic carbocycles. The summed E-state index contributed by atoms with van der Waals surface area (Å²) >= 11 is 6.44. The number of hydrogen-bond donors (Lipinski definition) is 2. The summed E-state index contributed by atoms with van der Waals surface area (Å²) < 4.78 is 28.1. The number of carbonyl (C=O) groups is 2. The highest BCUT2D eigenvalue weighted by Gasteiger charge is 2.43. The van der Waals surface area contributed by atoms with E-state index in [1.54, 1.807) is 0 Å². The van der Waals surface area contributed by atoms with Gasteiger partial charge >= 0.3 is 5.97 Å². The predicted molar refractivity (Wildman–Crippen MR) is 174 cm³/mol. The highest BCUT2D eigenvalue weighted by atomic mass is 35.5. The molecule has 0 radical (unpaired) electrons. The first-order valence-corrected chi connectivity index (χ1v) is 18.2. The molecule has 0 saturated heterocycles. The number of fused-ring (bicyclic) bond motifs is 3. The minimum Gasteiger partial charge on any atom is -0.456 e. The zero-order valence-electron chi connectivity index (χ0n) is 26.3. The minimum atomic E-state index is -3.60. The van der Waals surface area contributed by atoms with Crippen LogP contribution in [0.3, 0.4) is 0 Å². The molecule has 0 bridgehead atoms. The van der Waals surface area contributed by atoms with Gasteiger partial charge in [-0.25, -0.2) is 18.4 Å². The molecule has 3 aliphatic carbocycles. The Morgan fingerprint density at radius 3 is 2.52 bits per heavy atom. The fourth-order valence-electron chi connectivity index (χ4n) is 7.88. The van der Waals surface area contributed by atoms with E-state index in [1.807, 2.05) is 32.9 Å². The van der Waals surface area contributed by atoms with Gasteiger partial charge in [0.1, 0.15) is 5.60 Å². The van der Waals surface area contributed by atoms with Gasteiger partial charge in [0.15, 0.2) is 0 Å². The molecule has 0 aromatic heterocycles. The second kappa shape index (κ2) is 13.1. The van der Waals surface area contributed by atoms with Crippen LogP contribution in [-0.4, -0.2) is 38.2 Å².